The molecule has 0 heterocycles. The molecule has 0 radical (unpaired) electrons. The molecule has 0 aliphatic rings. The highest BCUT2D eigenvalue weighted by Crippen LogP contribution is 2.14. The zero-order valence-electron chi connectivity index (χ0n) is 17.6. The van der Waals surface area contributed by atoms with Gasteiger partial charge in [-0.2, -0.15) is 0 Å². The molecule has 2 aromatic rings. The van der Waals surface area contributed by atoms with Gasteiger partial charge in [0.25, 0.3) is 0 Å². The van der Waals surface area contributed by atoms with Crippen LogP contribution < -0.4 is 0 Å². The molecule has 0 aromatic heterocycles. The van der Waals surface area contributed by atoms with E-state index in [9.17, 15) is 14.4 Å². The minimum Gasteiger partial charge on any atom is -0.462 e. The Morgan fingerprint density at radius 3 is 1.80 bits per heavy atom. The summed E-state index contributed by atoms with van der Waals surface area (Å²) in [7, 11) is 0. The molecular weight excluding hydrogens is 380 g/mol. The third kappa shape index (κ3) is 7.82. The van der Waals surface area contributed by atoms with E-state index < -0.39 is 17.9 Å². The van der Waals surface area contributed by atoms with Crippen LogP contribution in [0.2, 0.25) is 0 Å². The van der Waals surface area contributed by atoms with Crippen molar-refractivity contribution < 1.29 is 23.9 Å². The fourth-order valence-electron chi connectivity index (χ4n) is 3.09. The Bertz CT molecular complexity index is 813. The van der Waals surface area contributed by atoms with Crippen LogP contribution in [0.15, 0.2) is 54.6 Å². The first-order valence-corrected chi connectivity index (χ1v) is 10.7. The van der Waals surface area contributed by atoms with E-state index >= 15 is 0 Å². The largest absolute Gasteiger partial charge is 0.462 e. The highest BCUT2D eigenvalue weighted by molar-refractivity contribution is 6.08. The molecule has 0 saturated carbocycles. The number of rotatable bonds is 12. The maximum Gasteiger partial charge on any atom is 0.346 e. The molecule has 0 N–H and O–H groups in total. The molecule has 160 valence electrons. The van der Waals surface area contributed by atoms with Crippen molar-refractivity contribution in [2.75, 3.05) is 6.61 Å². The molecule has 0 aliphatic carbocycles. The van der Waals surface area contributed by atoms with Gasteiger partial charge in [-0.25, -0.2) is 14.4 Å². The Morgan fingerprint density at radius 2 is 1.17 bits per heavy atom. The van der Waals surface area contributed by atoms with Gasteiger partial charge in [-0.1, -0.05) is 82.2 Å². The van der Waals surface area contributed by atoms with Crippen molar-refractivity contribution in [2.24, 2.45) is 0 Å². The minimum atomic E-state index is -0.872. The summed E-state index contributed by atoms with van der Waals surface area (Å²) in [5.41, 5.74) is 0.381. The average Bonchev–Trinajstić information content (AvgIpc) is 2.78. The van der Waals surface area contributed by atoms with Gasteiger partial charge in [0, 0.05) is 0 Å². The molecule has 0 spiro atoms. The summed E-state index contributed by atoms with van der Waals surface area (Å²) in [6, 6.07) is 14.4. The normalized spacial score (nSPS) is 10.4. The Morgan fingerprint density at radius 1 is 0.633 bits per heavy atom. The van der Waals surface area contributed by atoms with Crippen LogP contribution in [0.4, 0.5) is 0 Å². The molecule has 0 saturated heterocycles. The van der Waals surface area contributed by atoms with E-state index in [-0.39, 0.29) is 16.7 Å². The quantitative estimate of drug-likeness (QED) is 0.244. The summed E-state index contributed by atoms with van der Waals surface area (Å²) in [4.78, 5) is 36.9. The molecule has 0 aliphatic heterocycles. The number of unbranched alkanes of at least 4 members (excludes halogenated alkanes) is 7. The van der Waals surface area contributed by atoms with Gasteiger partial charge in [-0.15, -0.1) is 0 Å². The van der Waals surface area contributed by atoms with Crippen molar-refractivity contribution >= 4 is 17.9 Å². The maximum absolute atomic E-state index is 12.4. The van der Waals surface area contributed by atoms with E-state index in [1.807, 2.05) is 0 Å². The molecule has 30 heavy (non-hydrogen) atoms. The number of esters is 3. The third-order valence-electron chi connectivity index (χ3n) is 4.79. The average molecular weight is 411 g/mol. The fraction of sp³-hybridized carbons (Fsp3) is 0.400. The summed E-state index contributed by atoms with van der Waals surface area (Å²) in [6.07, 6.45) is 9.20. The second-order valence-corrected chi connectivity index (χ2v) is 7.20. The van der Waals surface area contributed by atoms with Crippen LogP contribution in [0.3, 0.4) is 0 Å². The maximum atomic E-state index is 12.4. The van der Waals surface area contributed by atoms with Gasteiger partial charge in [0.05, 0.1) is 23.3 Å². The van der Waals surface area contributed by atoms with Crippen molar-refractivity contribution in [2.45, 2.75) is 58.3 Å². The van der Waals surface area contributed by atoms with Gasteiger partial charge in [0.15, 0.2) is 0 Å². The van der Waals surface area contributed by atoms with E-state index in [0.29, 0.717) is 6.61 Å². The van der Waals surface area contributed by atoms with Crippen LogP contribution in [0.25, 0.3) is 0 Å². The van der Waals surface area contributed by atoms with Gasteiger partial charge >= 0.3 is 17.9 Å². The number of hydrogen-bond acceptors (Lipinski definition) is 5. The predicted octanol–water partition coefficient (Wildman–Crippen LogP) is 5.98. The minimum absolute atomic E-state index is 0.0164. The van der Waals surface area contributed by atoms with Gasteiger partial charge < -0.3 is 9.47 Å². The van der Waals surface area contributed by atoms with Crippen molar-refractivity contribution in [3.8, 4) is 0 Å². The SMILES string of the molecule is CCCCCCCCCCOC(=O)c1ccccc1C(=O)OC(=O)c1ccccc1. The Kier molecular flexibility index (Phi) is 10.3. The smallest absolute Gasteiger partial charge is 0.346 e. The number of ether oxygens (including phenoxy) is 2. The highest BCUT2D eigenvalue weighted by atomic mass is 16.6. The van der Waals surface area contributed by atoms with Gasteiger partial charge in [-0.3, -0.25) is 0 Å². The number of carbonyl (C=O) groups is 3. The van der Waals surface area contributed by atoms with Crippen molar-refractivity contribution in [3.05, 3.63) is 71.3 Å². The zero-order chi connectivity index (χ0) is 21.6. The first-order valence-electron chi connectivity index (χ1n) is 10.7. The molecule has 0 bridgehead atoms. The molecule has 0 atom stereocenters. The molecule has 2 aromatic carbocycles. The predicted molar refractivity (Wildman–Crippen MR) is 116 cm³/mol. The lowest BCUT2D eigenvalue weighted by Crippen LogP contribution is -2.17. The number of carbonyl (C=O) groups excluding carboxylic acids is 3. The fourth-order valence-corrected chi connectivity index (χ4v) is 3.09. The second-order valence-electron chi connectivity index (χ2n) is 7.20. The molecule has 0 unspecified atom stereocenters. The Hall–Kier alpha value is -2.95. The lowest BCUT2D eigenvalue weighted by Gasteiger charge is -2.09. The van der Waals surface area contributed by atoms with Crippen molar-refractivity contribution in [1.29, 1.82) is 0 Å². The molecule has 2 rings (SSSR count). The van der Waals surface area contributed by atoms with Crippen LogP contribution in [0, 0.1) is 0 Å². The van der Waals surface area contributed by atoms with Crippen LogP contribution in [-0.2, 0) is 9.47 Å². The molecular formula is C25H30O5. The molecule has 0 amide bonds. The van der Waals surface area contributed by atoms with Crippen LogP contribution >= 0.6 is 0 Å². The van der Waals surface area contributed by atoms with Crippen LogP contribution in [0.1, 0.15) is 89.4 Å². The number of hydrogen-bond donors (Lipinski definition) is 0. The van der Waals surface area contributed by atoms with Crippen molar-refractivity contribution in [3.63, 3.8) is 0 Å². The second kappa shape index (κ2) is 13.3. The van der Waals surface area contributed by atoms with E-state index in [1.165, 1.54) is 44.2 Å². The lowest BCUT2D eigenvalue weighted by molar-refractivity contribution is 0.0382. The first-order chi connectivity index (χ1) is 14.6. The third-order valence-corrected chi connectivity index (χ3v) is 4.79. The summed E-state index contributed by atoms with van der Waals surface area (Å²) < 4.78 is 10.2. The van der Waals surface area contributed by atoms with Gasteiger partial charge in [-0.05, 0) is 30.7 Å². The summed E-state index contributed by atoms with van der Waals surface area (Å²) in [5.74, 6) is -2.22. The molecule has 5 heteroatoms. The Labute approximate surface area is 178 Å². The van der Waals surface area contributed by atoms with Crippen molar-refractivity contribution in [1.82, 2.24) is 0 Å². The lowest BCUT2D eigenvalue weighted by atomic mass is 10.1. The van der Waals surface area contributed by atoms with E-state index in [1.54, 1.807) is 42.5 Å². The van der Waals surface area contributed by atoms with Gasteiger partial charge in [0.2, 0.25) is 0 Å². The monoisotopic (exact) mass is 410 g/mol. The van der Waals surface area contributed by atoms with Gasteiger partial charge in [0.1, 0.15) is 0 Å². The zero-order valence-corrected chi connectivity index (χ0v) is 17.6. The molecule has 0 fully saturated rings. The Balaban J connectivity index is 1.81. The van der Waals surface area contributed by atoms with E-state index in [2.05, 4.69) is 6.92 Å². The summed E-state index contributed by atoms with van der Waals surface area (Å²) in [5, 5.41) is 0. The summed E-state index contributed by atoms with van der Waals surface area (Å²) in [6.45, 7) is 2.51. The van der Waals surface area contributed by atoms with E-state index in [4.69, 9.17) is 9.47 Å². The topological polar surface area (TPSA) is 69.7 Å². The van der Waals surface area contributed by atoms with Crippen LogP contribution in [-0.4, -0.2) is 24.5 Å². The number of benzene rings is 2. The molecule has 5 nitrogen and oxygen atoms in total. The van der Waals surface area contributed by atoms with E-state index in [0.717, 1.165) is 19.3 Å². The first kappa shape index (κ1) is 23.3. The standard InChI is InChI=1S/C25H30O5/c1-2-3-4-5-6-7-8-14-19-29-24(27)21-17-12-13-18-22(21)25(28)30-23(26)20-15-10-9-11-16-20/h9-13,15-18H,2-8,14,19H2,1H3. The highest BCUT2D eigenvalue weighted by Gasteiger charge is 2.21. The summed E-state index contributed by atoms with van der Waals surface area (Å²) >= 11 is 0. The van der Waals surface area contributed by atoms with Crippen LogP contribution in [0.5, 0.6) is 0 Å².